The van der Waals surface area contributed by atoms with Gasteiger partial charge < -0.3 is 5.32 Å². The first kappa shape index (κ1) is 21.8. The van der Waals surface area contributed by atoms with Crippen LogP contribution in [-0.2, 0) is 16.2 Å². The lowest BCUT2D eigenvalue weighted by molar-refractivity contribution is -0.137. The summed E-state index contributed by atoms with van der Waals surface area (Å²) in [7, 11) is -3.74. The first-order valence-corrected chi connectivity index (χ1v) is 11.5. The number of thiophene rings is 1. The number of carbonyl (C=O) groups excluding carboxylic acids is 1. The van der Waals surface area contributed by atoms with E-state index in [1.165, 1.54) is 48.5 Å². The Hall–Kier alpha value is -3.37. The topological polar surface area (TPSA) is 75.3 Å². The maximum Gasteiger partial charge on any atom is 0.416 e. The molecule has 0 aliphatic heterocycles. The molecule has 0 atom stereocenters. The van der Waals surface area contributed by atoms with Crippen molar-refractivity contribution in [2.75, 3.05) is 10.0 Å². The Bertz CT molecular complexity index is 1380. The van der Waals surface area contributed by atoms with Gasteiger partial charge in [0.2, 0.25) is 0 Å². The van der Waals surface area contributed by atoms with Crippen LogP contribution in [0, 0.1) is 0 Å². The normalized spacial score (nSPS) is 12.0. The number of rotatable bonds is 5. The van der Waals surface area contributed by atoms with E-state index < -0.39 is 27.7 Å². The Balaban J connectivity index is 1.47. The molecule has 4 aromatic rings. The van der Waals surface area contributed by atoms with Gasteiger partial charge in [-0.2, -0.15) is 13.2 Å². The van der Waals surface area contributed by atoms with E-state index in [-0.39, 0.29) is 9.77 Å². The SMILES string of the molecule is O=C(Nc1ccc(NS(=O)(=O)c2ccccc2)cc1)c1cc2cc(C(F)(F)F)ccc2s1. The molecule has 0 fully saturated rings. The van der Waals surface area contributed by atoms with Gasteiger partial charge in [-0.3, -0.25) is 9.52 Å². The van der Waals surface area contributed by atoms with Crippen molar-refractivity contribution in [3.8, 4) is 0 Å². The van der Waals surface area contributed by atoms with Gasteiger partial charge >= 0.3 is 6.18 Å². The summed E-state index contributed by atoms with van der Waals surface area (Å²) >= 11 is 1.08. The van der Waals surface area contributed by atoms with Crippen molar-refractivity contribution in [2.45, 2.75) is 11.1 Å². The van der Waals surface area contributed by atoms with Crippen molar-refractivity contribution < 1.29 is 26.4 Å². The number of anilines is 2. The zero-order valence-corrected chi connectivity index (χ0v) is 17.8. The molecule has 1 amide bonds. The molecule has 0 aliphatic carbocycles. The summed E-state index contributed by atoms with van der Waals surface area (Å²) in [5.41, 5.74) is -0.0530. The molecule has 0 saturated carbocycles. The summed E-state index contributed by atoms with van der Waals surface area (Å²) in [6.07, 6.45) is -4.46. The quantitative estimate of drug-likeness (QED) is 0.373. The standard InChI is InChI=1S/C22H15F3N2O3S2/c23-22(24,25)15-6-11-19-14(12-15)13-20(31-19)21(28)26-16-7-9-17(10-8-16)27-32(29,30)18-4-2-1-3-5-18/h1-13,27H,(H,26,28). The van der Waals surface area contributed by atoms with Gasteiger partial charge in [0.05, 0.1) is 15.3 Å². The number of hydrogen-bond acceptors (Lipinski definition) is 4. The van der Waals surface area contributed by atoms with Gasteiger partial charge in [-0.1, -0.05) is 18.2 Å². The maximum atomic E-state index is 12.9. The van der Waals surface area contributed by atoms with Gasteiger partial charge in [-0.05, 0) is 66.0 Å². The molecule has 5 nitrogen and oxygen atoms in total. The van der Waals surface area contributed by atoms with Crippen LogP contribution in [0.1, 0.15) is 15.2 Å². The van der Waals surface area contributed by atoms with Crippen molar-refractivity contribution in [3.05, 3.63) is 89.3 Å². The number of benzene rings is 3. The van der Waals surface area contributed by atoms with E-state index in [9.17, 15) is 26.4 Å². The van der Waals surface area contributed by atoms with Crippen LogP contribution >= 0.6 is 11.3 Å². The number of sulfonamides is 1. The van der Waals surface area contributed by atoms with E-state index in [0.29, 0.717) is 21.5 Å². The van der Waals surface area contributed by atoms with Crippen molar-refractivity contribution in [3.63, 3.8) is 0 Å². The molecule has 0 spiro atoms. The summed E-state index contributed by atoms with van der Waals surface area (Å²) in [6.45, 7) is 0. The zero-order chi connectivity index (χ0) is 22.9. The van der Waals surface area contributed by atoms with Gasteiger partial charge in [-0.25, -0.2) is 8.42 Å². The summed E-state index contributed by atoms with van der Waals surface area (Å²) in [5, 5.41) is 2.99. The summed E-state index contributed by atoms with van der Waals surface area (Å²) in [6, 6.07) is 18.7. The lowest BCUT2D eigenvalue weighted by Gasteiger charge is -2.09. The Labute approximate surface area is 185 Å². The molecule has 32 heavy (non-hydrogen) atoms. The Morgan fingerprint density at radius 1 is 0.844 bits per heavy atom. The largest absolute Gasteiger partial charge is 0.416 e. The number of amides is 1. The van der Waals surface area contributed by atoms with E-state index in [1.54, 1.807) is 18.2 Å². The van der Waals surface area contributed by atoms with Crippen LogP contribution in [0.4, 0.5) is 24.5 Å². The molecule has 0 unspecified atom stereocenters. The average molecular weight is 477 g/mol. The number of nitrogens with one attached hydrogen (secondary N) is 2. The Kier molecular flexibility index (Phi) is 5.66. The van der Waals surface area contributed by atoms with Crippen molar-refractivity contribution in [1.29, 1.82) is 0 Å². The minimum absolute atomic E-state index is 0.121. The number of alkyl halides is 3. The second-order valence-corrected chi connectivity index (χ2v) is 9.58. The fourth-order valence-electron chi connectivity index (χ4n) is 2.96. The highest BCUT2D eigenvalue weighted by Gasteiger charge is 2.30. The molecule has 4 rings (SSSR count). The van der Waals surface area contributed by atoms with Crippen molar-refractivity contribution >= 4 is 48.7 Å². The molecular formula is C22H15F3N2O3S2. The van der Waals surface area contributed by atoms with Crippen LogP contribution in [0.25, 0.3) is 10.1 Å². The zero-order valence-electron chi connectivity index (χ0n) is 16.2. The molecule has 0 bridgehead atoms. The van der Waals surface area contributed by atoms with E-state index in [2.05, 4.69) is 10.0 Å². The van der Waals surface area contributed by atoms with E-state index in [0.717, 1.165) is 23.5 Å². The second-order valence-electron chi connectivity index (χ2n) is 6.81. The number of hydrogen-bond donors (Lipinski definition) is 2. The van der Waals surface area contributed by atoms with Crippen LogP contribution < -0.4 is 10.0 Å². The average Bonchev–Trinajstić information content (AvgIpc) is 3.19. The van der Waals surface area contributed by atoms with Crippen LogP contribution in [0.2, 0.25) is 0 Å². The van der Waals surface area contributed by atoms with Crippen LogP contribution in [0.3, 0.4) is 0 Å². The van der Waals surface area contributed by atoms with Gasteiger partial charge in [0, 0.05) is 16.1 Å². The molecule has 10 heteroatoms. The molecular weight excluding hydrogens is 461 g/mol. The predicted molar refractivity (Wildman–Crippen MR) is 118 cm³/mol. The first-order valence-electron chi connectivity index (χ1n) is 9.22. The number of fused-ring (bicyclic) bond motifs is 1. The third-order valence-corrected chi connectivity index (χ3v) is 7.03. The molecule has 0 aliphatic rings. The minimum atomic E-state index is -4.46. The molecule has 1 aromatic heterocycles. The lowest BCUT2D eigenvalue weighted by Crippen LogP contribution is -2.13. The summed E-state index contributed by atoms with van der Waals surface area (Å²) in [4.78, 5) is 12.9. The Morgan fingerprint density at radius 2 is 1.50 bits per heavy atom. The third-order valence-electron chi connectivity index (χ3n) is 4.52. The van der Waals surface area contributed by atoms with Crippen LogP contribution in [0.5, 0.6) is 0 Å². The molecule has 1 heterocycles. The highest BCUT2D eigenvalue weighted by Crippen LogP contribution is 2.34. The second kappa shape index (κ2) is 8.29. The van der Waals surface area contributed by atoms with Gasteiger partial charge in [0.1, 0.15) is 0 Å². The molecule has 3 aromatic carbocycles. The summed E-state index contributed by atoms with van der Waals surface area (Å²) in [5.74, 6) is -0.475. The fraction of sp³-hybridized carbons (Fsp3) is 0.0455. The minimum Gasteiger partial charge on any atom is -0.321 e. The summed E-state index contributed by atoms with van der Waals surface area (Å²) < 4.78 is 66.4. The van der Waals surface area contributed by atoms with Crippen LogP contribution in [0.15, 0.2) is 83.8 Å². The molecule has 0 radical (unpaired) electrons. The van der Waals surface area contributed by atoms with Crippen molar-refractivity contribution in [1.82, 2.24) is 0 Å². The molecule has 164 valence electrons. The Morgan fingerprint density at radius 3 is 2.16 bits per heavy atom. The lowest BCUT2D eigenvalue weighted by atomic mass is 10.1. The smallest absolute Gasteiger partial charge is 0.321 e. The van der Waals surface area contributed by atoms with Gasteiger partial charge in [0.25, 0.3) is 15.9 Å². The van der Waals surface area contributed by atoms with E-state index in [4.69, 9.17) is 0 Å². The highest BCUT2D eigenvalue weighted by atomic mass is 32.2. The monoisotopic (exact) mass is 476 g/mol. The maximum absolute atomic E-state index is 12.9. The third kappa shape index (κ3) is 4.76. The van der Waals surface area contributed by atoms with E-state index in [1.807, 2.05) is 0 Å². The molecule has 0 saturated heterocycles. The highest BCUT2D eigenvalue weighted by molar-refractivity contribution is 7.92. The predicted octanol–water partition coefficient (Wildman–Crippen LogP) is 5.97. The van der Waals surface area contributed by atoms with Crippen LogP contribution in [-0.4, -0.2) is 14.3 Å². The van der Waals surface area contributed by atoms with E-state index >= 15 is 0 Å². The van der Waals surface area contributed by atoms with Gasteiger partial charge in [0.15, 0.2) is 0 Å². The number of carbonyl (C=O) groups is 1. The first-order chi connectivity index (χ1) is 15.1. The molecule has 2 N–H and O–H groups in total. The van der Waals surface area contributed by atoms with Gasteiger partial charge in [-0.15, -0.1) is 11.3 Å². The van der Waals surface area contributed by atoms with Crippen molar-refractivity contribution in [2.24, 2.45) is 0 Å². The number of halogens is 3. The fourth-order valence-corrected chi connectivity index (χ4v) is 4.98.